The Labute approximate surface area is 164 Å². The van der Waals surface area contributed by atoms with Crippen LogP contribution in [0.5, 0.6) is 0 Å². The molecule has 0 saturated heterocycles. The zero-order chi connectivity index (χ0) is 19.5. The summed E-state index contributed by atoms with van der Waals surface area (Å²) in [5, 5.41) is 11.5. The number of rotatable bonds is 2. The highest BCUT2D eigenvalue weighted by Gasteiger charge is 2.28. The van der Waals surface area contributed by atoms with Crippen LogP contribution in [-0.2, 0) is 13.1 Å². The van der Waals surface area contributed by atoms with Gasteiger partial charge in [-0.3, -0.25) is 0 Å². The van der Waals surface area contributed by atoms with E-state index in [4.69, 9.17) is 0 Å². The molecule has 4 aromatic rings. The summed E-state index contributed by atoms with van der Waals surface area (Å²) in [4.78, 5) is 10.1. The van der Waals surface area contributed by atoms with Gasteiger partial charge in [0.1, 0.15) is 5.69 Å². The van der Waals surface area contributed by atoms with Crippen molar-refractivity contribution in [1.82, 2.24) is 4.68 Å². The van der Waals surface area contributed by atoms with Gasteiger partial charge in [-0.2, -0.15) is 4.68 Å². The first kappa shape index (κ1) is 18.0. The van der Waals surface area contributed by atoms with Crippen LogP contribution in [0.1, 0.15) is 22.3 Å². The highest BCUT2D eigenvalue weighted by Crippen LogP contribution is 2.30. The molecule has 3 aromatic carbocycles. The highest BCUT2D eigenvalue weighted by molar-refractivity contribution is 5.91. The fourth-order valence-corrected chi connectivity index (χ4v) is 3.77. The molecule has 0 unspecified atom stereocenters. The average molecular weight is 370 g/mol. The third-order valence-corrected chi connectivity index (χ3v) is 5.03. The van der Waals surface area contributed by atoms with E-state index in [0.29, 0.717) is 0 Å². The third-order valence-electron chi connectivity index (χ3n) is 5.03. The number of carbonyl (C=O) groups excluding carboxylic acids is 1. The van der Waals surface area contributed by atoms with Crippen molar-refractivity contribution in [2.24, 2.45) is 0 Å². The van der Waals surface area contributed by atoms with E-state index in [1.54, 1.807) is 18.2 Å². The Bertz CT molecular complexity index is 1120. The van der Waals surface area contributed by atoms with E-state index in [1.807, 2.05) is 0 Å². The minimum Gasteiger partial charge on any atom is -0.545 e. The molecule has 2 heterocycles. The maximum Gasteiger partial charge on any atom is 0.239 e. The van der Waals surface area contributed by atoms with E-state index in [-0.39, 0.29) is 5.56 Å². The lowest BCUT2D eigenvalue weighted by atomic mass is 10.1. The van der Waals surface area contributed by atoms with Gasteiger partial charge < -0.3 is 9.90 Å². The van der Waals surface area contributed by atoms with Gasteiger partial charge in [0.15, 0.2) is 6.54 Å². The van der Waals surface area contributed by atoms with Gasteiger partial charge in [-0.25, -0.2) is 0 Å². The summed E-state index contributed by atoms with van der Waals surface area (Å²) >= 11 is 0. The number of fused-ring (bicyclic) bond motifs is 3. The Morgan fingerprint density at radius 2 is 1.64 bits per heavy atom. The summed E-state index contributed by atoms with van der Waals surface area (Å²) in [7, 11) is 0. The topological polar surface area (TPSA) is 48.9 Å². The molecular formula is C24H22N2O2. The number of nitrogens with zero attached hydrogens (tertiary/aromatic N) is 2. The van der Waals surface area contributed by atoms with Crippen LogP contribution >= 0.6 is 0 Å². The van der Waals surface area contributed by atoms with Crippen LogP contribution < -0.4 is 9.79 Å². The van der Waals surface area contributed by atoms with Gasteiger partial charge in [-0.15, -0.1) is 4.68 Å². The van der Waals surface area contributed by atoms with Gasteiger partial charge in [0.05, 0.1) is 17.9 Å². The molecule has 0 bridgehead atoms. The van der Waals surface area contributed by atoms with E-state index in [0.717, 1.165) is 13.1 Å². The maximum atomic E-state index is 10.1. The lowest BCUT2D eigenvalue weighted by Crippen LogP contribution is -2.37. The molecule has 0 N–H and O–H groups in total. The molecule has 0 radical (unpaired) electrons. The van der Waals surface area contributed by atoms with Crippen LogP contribution in [0, 0.1) is 6.92 Å². The Hall–Kier alpha value is -3.40. The number of hydrogen-bond donors (Lipinski definition) is 0. The van der Waals surface area contributed by atoms with E-state index in [9.17, 15) is 9.90 Å². The molecule has 4 nitrogen and oxygen atoms in total. The number of carboxylic acids is 1. The number of aromatic nitrogens is 2. The standard InChI is InChI=1S/C17H17N2.C7H6O2/c1-13-8-9-16-15(12-13)17(14-6-3-2-4-7-14)19-11-5-10-18(16)19;8-7(9)6-4-2-1-3-5-6/h2-4,6-9,12H,5,10-11H2,1H3;1-5H,(H,8,9)/q+1;/p-1. The van der Waals surface area contributed by atoms with Crippen LogP contribution in [0.2, 0.25) is 0 Å². The van der Waals surface area contributed by atoms with E-state index in [2.05, 4.69) is 64.8 Å². The summed E-state index contributed by atoms with van der Waals surface area (Å²) in [6.45, 7) is 4.42. The van der Waals surface area contributed by atoms with Crippen molar-refractivity contribution in [3.8, 4) is 11.3 Å². The van der Waals surface area contributed by atoms with Crippen LogP contribution in [0.3, 0.4) is 0 Å². The lowest BCUT2D eigenvalue weighted by molar-refractivity contribution is -0.733. The minimum atomic E-state index is -1.13. The molecule has 140 valence electrons. The smallest absolute Gasteiger partial charge is 0.239 e. The lowest BCUT2D eigenvalue weighted by Gasteiger charge is -2.01. The molecule has 0 amide bonds. The fourth-order valence-electron chi connectivity index (χ4n) is 3.77. The Morgan fingerprint density at radius 1 is 0.964 bits per heavy atom. The number of benzene rings is 3. The van der Waals surface area contributed by atoms with Crippen LogP contribution in [-0.4, -0.2) is 10.7 Å². The second-order valence-electron chi connectivity index (χ2n) is 6.99. The molecule has 1 aliphatic heterocycles. The Balaban J connectivity index is 0.000000181. The van der Waals surface area contributed by atoms with Crippen LogP contribution in [0.25, 0.3) is 22.2 Å². The van der Waals surface area contributed by atoms with Crippen molar-refractivity contribution in [3.05, 3.63) is 90.0 Å². The summed E-state index contributed by atoms with van der Waals surface area (Å²) < 4.78 is 4.87. The summed E-state index contributed by atoms with van der Waals surface area (Å²) in [5.41, 5.74) is 5.60. The Kier molecular flexibility index (Phi) is 4.94. The monoisotopic (exact) mass is 370 g/mol. The number of carbonyl (C=O) groups is 1. The predicted octanol–water partition coefficient (Wildman–Crippen LogP) is 3.36. The predicted molar refractivity (Wildman–Crippen MR) is 108 cm³/mol. The molecular weight excluding hydrogens is 348 g/mol. The van der Waals surface area contributed by atoms with E-state index < -0.39 is 5.97 Å². The van der Waals surface area contributed by atoms with Crippen LogP contribution in [0.15, 0.2) is 78.9 Å². The molecule has 0 atom stereocenters. The van der Waals surface area contributed by atoms with Crippen molar-refractivity contribution in [3.63, 3.8) is 0 Å². The zero-order valence-electron chi connectivity index (χ0n) is 15.8. The quantitative estimate of drug-likeness (QED) is 0.508. The average Bonchev–Trinajstić information content (AvgIpc) is 3.30. The van der Waals surface area contributed by atoms with Crippen molar-refractivity contribution >= 4 is 16.9 Å². The molecule has 0 saturated carbocycles. The molecule has 4 heteroatoms. The Morgan fingerprint density at radius 3 is 2.29 bits per heavy atom. The summed E-state index contributed by atoms with van der Waals surface area (Å²) in [6, 6.07) is 25.6. The minimum absolute atomic E-state index is 0.220. The molecule has 1 aliphatic rings. The number of aromatic carboxylic acids is 1. The first-order valence-electron chi connectivity index (χ1n) is 9.50. The third kappa shape index (κ3) is 3.41. The molecule has 0 fully saturated rings. The van der Waals surface area contributed by atoms with Crippen molar-refractivity contribution in [1.29, 1.82) is 0 Å². The van der Waals surface area contributed by atoms with Gasteiger partial charge >= 0.3 is 0 Å². The van der Waals surface area contributed by atoms with Gasteiger partial charge in [0, 0.05) is 18.1 Å². The van der Waals surface area contributed by atoms with E-state index in [1.165, 1.54) is 46.3 Å². The largest absolute Gasteiger partial charge is 0.545 e. The zero-order valence-corrected chi connectivity index (χ0v) is 15.8. The number of carboxylic acid groups (broad SMARTS) is 1. The first-order valence-corrected chi connectivity index (χ1v) is 9.50. The number of aryl methyl sites for hydroxylation is 2. The molecule has 1 aromatic heterocycles. The van der Waals surface area contributed by atoms with Gasteiger partial charge in [0.2, 0.25) is 5.52 Å². The second-order valence-corrected chi connectivity index (χ2v) is 6.99. The molecule has 0 aliphatic carbocycles. The summed E-state index contributed by atoms with van der Waals surface area (Å²) in [6.07, 6.45) is 1.24. The second kappa shape index (κ2) is 7.69. The van der Waals surface area contributed by atoms with Gasteiger partial charge in [-0.05, 0) is 24.1 Å². The fraction of sp³-hybridized carbons (Fsp3) is 0.167. The molecule has 28 heavy (non-hydrogen) atoms. The number of hydrogen-bond acceptors (Lipinski definition) is 2. The molecule has 0 spiro atoms. The highest BCUT2D eigenvalue weighted by atomic mass is 16.4. The normalized spacial score (nSPS) is 12.3. The van der Waals surface area contributed by atoms with Crippen molar-refractivity contribution in [2.45, 2.75) is 26.4 Å². The molecule has 5 rings (SSSR count). The maximum absolute atomic E-state index is 10.1. The van der Waals surface area contributed by atoms with Gasteiger partial charge in [-0.1, -0.05) is 66.7 Å². The van der Waals surface area contributed by atoms with Gasteiger partial charge in [0.25, 0.3) is 0 Å². The van der Waals surface area contributed by atoms with Crippen LogP contribution in [0.4, 0.5) is 0 Å². The summed E-state index contributed by atoms with van der Waals surface area (Å²) in [5.74, 6) is -1.13. The first-order chi connectivity index (χ1) is 13.6. The SMILES string of the molecule is Cc1ccc2c(c1)c(-c1ccccc1)n1[n+]2CCC1.O=C([O-])c1ccccc1. The van der Waals surface area contributed by atoms with Crippen molar-refractivity contribution in [2.75, 3.05) is 0 Å². The van der Waals surface area contributed by atoms with Crippen molar-refractivity contribution < 1.29 is 14.6 Å². The van der Waals surface area contributed by atoms with E-state index >= 15 is 0 Å².